The molecule has 0 amide bonds. The largest absolute Gasteiger partial charge is 0.380 e. The Morgan fingerprint density at radius 2 is 1.48 bits per heavy atom. The minimum Gasteiger partial charge on any atom is -0.380 e. The number of benzene rings is 2. The van der Waals surface area contributed by atoms with Crippen molar-refractivity contribution in [2.24, 2.45) is 5.92 Å². The Morgan fingerprint density at radius 1 is 0.870 bits per heavy atom. The van der Waals surface area contributed by atoms with Crippen LogP contribution in [-0.4, -0.2) is 29.1 Å². The second-order valence-electron chi connectivity index (χ2n) is 7.09. The first kappa shape index (κ1) is 14.9. The van der Waals surface area contributed by atoms with Crippen molar-refractivity contribution < 1.29 is 5.11 Å². The number of rotatable bonds is 4. The van der Waals surface area contributed by atoms with Crippen LogP contribution < -0.4 is 0 Å². The van der Waals surface area contributed by atoms with Crippen LogP contribution in [0.3, 0.4) is 0 Å². The molecular weight excluding hydrogens is 282 g/mol. The second kappa shape index (κ2) is 6.10. The topological polar surface area (TPSA) is 23.5 Å². The summed E-state index contributed by atoms with van der Waals surface area (Å²) in [7, 11) is 0. The SMILES string of the molecule is OC(C[C@@H]1CCN2CCC[C@@H]12)(c1ccccc1)c1ccccc1. The molecule has 2 nitrogen and oxygen atoms in total. The van der Waals surface area contributed by atoms with E-state index in [1.807, 2.05) is 36.4 Å². The normalized spacial score (nSPS) is 24.7. The Morgan fingerprint density at radius 3 is 2.09 bits per heavy atom. The highest BCUT2D eigenvalue weighted by Gasteiger charge is 2.42. The Balaban J connectivity index is 1.69. The zero-order valence-electron chi connectivity index (χ0n) is 13.6. The lowest BCUT2D eigenvalue weighted by molar-refractivity contribution is 0.0469. The molecule has 0 radical (unpaired) electrons. The highest BCUT2D eigenvalue weighted by Crippen LogP contribution is 2.43. The number of fused-ring (bicyclic) bond motifs is 1. The van der Waals surface area contributed by atoms with Gasteiger partial charge in [0.1, 0.15) is 5.60 Å². The first-order valence-electron chi connectivity index (χ1n) is 8.85. The van der Waals surface area contributed by atoms with E-state index in [0.717, 1.165) is 17.5 Å². The molecule has 2 aliphatic heterocycles. The van der Waals surface area contributed by atoms with Crippen LogP contribution in [-0.2, 0) is 5.60 Å². The van der Waals surface area contributed by atoms with E-state index in [2.05, 4.69) is 29.2 Å². The van der Waals surface area contributed by atoms with Crippen LogP contribution in [0.5, 0.6) is 0 Å². The molecule has 0 unspecified atom stereocenters. The third-order valence-corrected chi connectivity index (χ3v) is 5.81. The summed E-state index contributed by atoms with van der Waals surface area (Å²) in [6, 6.07) is 21.1. The quantitative estimate of drug-likeness (QED) is 0.929. The van der Waals surface area contributed by atoms with Crippen molar-refractivity contribution in [1.82, 2.24) is 4.90 Å². The van der Waals surface area contributed by atoms with Crippen LogP contribution in [0.4, 0.5) is 0 Å². The first-order valence-corrected chi connectivity index (χ1v) is 8.85. The van der Waals surface area contributed by atoms with E-state index in [1.54, 1.807) is 0 Å². The Labute approximate surface area is 138 Å². The number of aliphatic hydroxyl groups is 1. The second-order valence-corrected chi connectivity index (χ2v) is 7.09. The van der Waals surface area contributed by atoms with Crippen molar-refractivity contribution in [2.75, 3.05) is 13.1 Å². The molecule has 23 heavy (non-hydrogen) atoms. The summed E-state index contributed by atoms with van der Waals surface area (Å²) in [5.74, 6) is 0.586. The third-order valence-electron chi connectivity index (χ3n) is 5.81. The van der Waals surface area contributed by atoms with E-state index in [4.69, 9.17) is 0 Å². The van der Waals surface area contributed by atoms with Crippen molar-refractivity contribution in [2.45, 2.75) is 37.3 Å². The molecule has 120 valence electrons. The molecule has 2 atom stereocenters. The molecule has 2 aromatic rings. The van der Waals surface area contributed by atoms with E-state index in [0.29, 0.717) is 12.0 Å². The van der Waals surface area contributed by atoms with E-state index in [-0.39, 0.29) is 0 Å². The molecule has 2 heteroatoms. The zero-order valence-corrected chi connectivity index (χ0v) is 13.6. The molecule has 0 aliphatic carbocycles. The summed E-state index contributed by atoms with van der Waals surface area (Å²) in [5.41, 5.74) is 1.15. The fourth-order valence-corrected chi connectivity index (χ4v) is 4.64. The summed E-state index contributed by atoms with van der Waals surface area (Å²) in [4.78, 5) is 2.63. The van der Waals surface area contributed by atoms with Gasteiger partial charge in [0.25, 0.3) is 0 Å². The number of hydrogen-bond donors (Lipinski definition) is 1. The predicted octanol–water partition coefficient (Wildman–Crippen LogP) is 3.80. The average Bonchev–Trinajstić information content (AvgIpc) is 3.21. The minimum absolute atomic E-state index is 0.586. The monoisotopic (exact) mass is 307 g/mol. The maximum atomic E-state index is 11.7. The van der Waals surface area contributed by atoms with Gasteiger partial charge < -0.3 is 10.0 Å². The van der Waals surface area contributed by atoms with Crippen molar-refractivity contribution in [3.05, 3.63) is 71.8 Å². The van der Waals surface area contributed by atoms with Gasteiger partial charge >= 0.3 is 0 Å². The maximum absolute atomic E-state index is 11.7. The summed E-state index contributed by atoms with van der Waals surface area (Å²) in [5, 5.41) is 11.7. The smallest absolute Gasteiger partial charge is 0.115 e. The molecule has 0 saturated carbocycles. The summed E-state index contributed by atoms with van der Waals surface area (Å²) >= 11 is 0. The average molecular weight is 307 g/mol. The van der Waals surface area contributed by atoms with Gasteiger partial charge in [-0.05, 0) is 55.8 Å². The lowest BCUT2D eigenvalue weighted by atomic mass is 9.77. The van der Waals surface area contributed by atoms with Gasteiger partial charge in [-0.25, -0.2) is 0 Å². The fourth-order valence-electron chi connectivity index (χ4n) is 4.64. The molecule has 2 aliphatic rings. The molecule has 0 spiro atoms. The molecule has 1 N–H and O–H groups in total. The van der Waals surface area contributed by atoms with E-state index in [1.165, 1.54) is 32.4 Å². The van der Waals surface area contributed by atoms with Crippen molar-refractivity contribution in [1.29, 1.82) is 0 Å². The van der Waals surface area contributed by atoms with Crippen LogP contribution >= 0.6 is 0 Å². The predicted molar refractivity (Wildman–Crippen MR) is 93.2 cm³/mol. The van der Waals surface area contributed by atoms with Crippen LogP contribution in [0.1, 0.15) is 36.8 Å². The van der Waals surface area contributed by atoms with Gasteiger partial charge in [0.2, 0.25) is 0 Å². The van der Waals surface area contributed by atoms with Crippen molar-refractivity contribution in [3.63, 3.8) is 0 Å². The molecule has 2 fully saturated rings. The maximum Gasteiger partial charge on any atom is 0.115 e. The fraction of sp³-hybridized carbons (Fsp3) is 0.429. The highest BCUT2D eigenvalue weighted by atomic mass is 16.3. The molecular formula is C21H25NO. The summed E-state index contributed by atoms with van der Waals surface area (Å²) in [6.45, 7) is 2.45. The van der Waals surface area contributed by atoms with Gasteiger partial charge in [-0.3, -0.25) is 0 Å². The summed E-state index contributed by atoms with van der Waals surface area (Å²) < 4.78 is 0. The Hall–Kier alpha value is -1.64. The van der Waals surface area contributed by atoms with Gasteiger partial charge in [0.05, 0.1) is 0 Å². The van der Waals surface area contributed by atoms with Crippen LogP contribution in [0.25, 0.3) is 0 Å². The van der Waals surface area contributed by atoms with Crippen LogP contribution in [0.15, 0.2) is 60.7 Å². The lowest BCUT2D eigenvalue weighted by Gasteiger charge is -2.34. The van der Waals surface area contributed by atoms with E-state index >= 15 is 0 Å². The molecule has 2 heterocycles. The van der Waals surface area contributed by atoms with Crippen LogP contribution in [0.2, 0.25) is 0 Å². The minimum atomic E-state index is -0.883. The molecule has 4 rings (SSSR count). The van der Waals surface area contributed by atoms with Crippen molar-refractivity contribution >= 4 is 0 Å². The van der Waals surface area contributed by atoms with Gasteiger partial charge in [-0.2, -0.15) is 0 Å². The van der Waals surface area contributed by atoms with E-state index < -0.39 is 5.60 Å². The highest BCUT2D eigenvalue weighted by molar-refractivity contribution is 5.36. The number of nitrogens with zero attached hydrogens (tertiary/aromatic N) is 1. The van der Waals surface area contributed by atoms with Gasteiger partial charge in [-0.1, -0.05) is 60.7 Å². The Kier molecular flexibility index (Phi) is 3.96. The standard InChI is InChI=1S/C21H25NO/c23-21(18-8-3-1-4-9-18,19-10-5-2-6-11-19)16-17-13-15-22-14-7-12-20(17)22/h1-6,8-11,17,20,23H,7,12-16H2/t17-,20-/m0/s1. The van der Waals surface area contributed by atoms with Crippen LogP contribution in [0, 0.1) is 5.92 Å². The molecule has 2 aromatic carbocycles. The van der Waals surface area contributed by atoms with Gasteiger partial charge in [0, 0.05) is 6.04 Å². The molecule has 0 aromatic heterocycles. The summed E-state index contributed by atoms with van der Waals surface area (Å²) in [6.07, 6.45) is 4.65. The first-order chi connectivity index (χ1) is 11.3. The Bertz CT molecular complexity index is 600. The number of hydrogen-bond acceptors (Lipinski definition) is 2. The molecule has 0 bridgehead atoms. The van der Waals surface area contributed by atoms with Crippen molar-refractivity contribution in [3.8, 4) is 0 Å². The zero-order chi connectivity index (χ0) is 15.7. The van der Waals surface area contributed by atoms with Gasteiger partial charge in [-0.15, -0.1) is 0 Å². The third kappa shape index (κ3) is 2.71. The van der Waals surface area contributed by atoms with Gasteiger partial charge in [0.15, 0.2) is 0 Å². The molecule has 2 saturated heterocycles. The lowest BCUT2D eigenvalue weighted by Crippen LogP contribution is -2.34. The van der Waals surface area contributed by atoms with E-state index in [9.17, 15) is 5.11 Å².